The van der Waals surface area contributed by atoms with E-state index < -0.39 is 22.8 Å². The van der Waals surface area contributed by atoms with Crippen LogP contribution in [0.15, 0.2) is 47.3 Å². The van der Waals surface area contributed by atoms with Crippen LogP contribution in [0.2, 0.25) is 0 Å². The average molecular weight is 458 g/mol. The maximum Gasteiger partial charge on any atom is 0.344 e. The summed E-state index contributed by atoms with van der Waals surface area (Å²) >= 11 is -2.33. The molecule has 2 aromatic carbocycles. The second-order valence-electron chi connectivity index (χ2n) is 7.60. The molecule has 9 heteroatoms. The maximum absolute atomic E-state index is 12.8. The molecule has 0 spiro atoms. The zero-order chi connectivity index (χ0) is 23.1. The van der Waals surface area contributed by atoms with Gasteiger partial charge >= 0.3 is 17.2 Å². The van der Waals surface area contributed by atoms with Gasteiger partial charge in [-0.2, -0.15) is 4.21 Å². The molecule has 170 valence electrons. The topological polar surface area (TPSA) is 100 Å². The quantitative estimate of drug-likeness (QED) is 0.425. The molecule has 0 aliphatic heterocycles. The minimum atomic E-state index is -2.33. The molecule has 1 aromatic heterocycles. The van der Waals surface area contributed by atoms with Crippen molar-refractivity contribution in [1.29, 1.82) is 0 Å². The fourth-order valence-corrected chi connectivity index (χ4v) is 3.93. The number of aryl methyl sites for hydroxylation is 1. The lowest BCUT2D eigenvalue weighted by atomic mass is 10.0. The summed E-state index contributed by atoms with van der Waals surface area (Å²) in [5, 5.41) is 7.93. The Balaban J connectivity index is 1.78. The van der Waals surface area contributed by atoms with E-state index in [1.54, 1.807) is 24.3 Å². The Morgan fingerprint density at radius 2 is 1.97 bits per heavy atom. The first-order chi connectivity index (χ1) is 15.4. The Hall–Kier alpha value is -3.07. The highest BCUT2D eigenvalue weighted by Crippen LogP contribution is 2.21. The molecule has 0 bridgehead atoms. The first-order valence-electron chi connectivity index (χ1n) is 10.7. The SMILES string of the molecule is CCCCC(CC)COC(=O)c1ccccc1OS(=O)n1nnc2ccc(C)cc2c1=O. The fraction of sp³-hybridized carbons (Fsp3) is 0.391. The Bertz CT molecular complexity index is 1180. The molecule has 0 N–H and O–H groups in total. The number of esters is 1. The minimum absolute atomic E-state index is 0.0375. The van der Waals surface area contributed by atoms with Crippen LogP contribution in [0.1, 0.15) is 55.5 Å². The number of nitrogens with zero attached hydrogens (tertiary/aromatic N) is 3. The molecule has 0 amide bonds. The van der Waals surface area contributed by atoms with E-state index in [2.05, 4.69) is 24.2 Å². The molecule has 3 aromatic rings. The van der Waals surface area contributed by atoms with Crippen molar-refractivity contribution >= 4 is 28.1 Å². The number of hydrogen-bond acceptors (Lipinski definition) is 7. The van der Waals surface area contributed by atoms with Gasteiger partial charge in [0.25, 0.3) is 5.56 Å². The summed E-state index contributed by atoms with van der Waals surface area (Å²) in [6, 6.07) is 11.4. The molecular weight excluding hydrogens is 430 g/mol. The van der Waals surface area contributed by atoms with Crippen molar-refractivity contribution in [3.63, 3.8) is 0 Å². The number of fused-ring (bicyclic) bond motifs is 1. The van der Waals surface area contributed by atoms with E-state index in [1.165, 1.54) is 12.1 Å². The molecule has 0 aliphatic carbocycles. The lowest BCUT2D eigenvalue weighted by molar-refractivity contribution is 0.0426. The van der Waals surface area contributed by atoms with Gasteiger partial charge in [-0.3, -0.25) is 4.79 Å². The lowest BCUT2D eigenvalue weighted by Gasteiger charge is -2.15. The zero-order valence-electron chi connectivity index (χ0n) is 18.4. The van der Waals surface area contributed by atoms with Gasteiger partial charge in [-0.15, -0.1) is 5.10 Å². The van der Waals surface area contributed by atoms with Crippen LogP contribution in [0.4, 0.5) is 0 Å². The van der Waals surface area contributed by atoms with Crippen molar-refractivity contribution in [1.82, 2.24) is 14.4 Å². The molecule has 8 nitrogen and oxygen atoms in total. The summed E-state index contributed by atoms with van der Waals surface area (Å²) in [5.74, 6) is -0.244. The Labute approximate surface area is 189 Å². The normalized spacial score (nSPS) is 13.0. The van der Waals surface area contributed by atoms with Gasteiger partial charge in [-0.05, 0) is 48.7 Å². The summed E-state index contributed by atoms with van der Waals surface area (Å²) < 4.78 is 24.3. The number of carbonyl (C=O) groups excluding carboxylic acids is 1. The Morgan fingerprint density at radius 1 is 1.19 bits per heavy atom. The molecule has 0 saturated carbocycles. The summed E-state index contributed by atoms with van der Waals surface area (Å²) in [7, 11) is 0. The molecular formula is C23H27N3O5S. The number of para-hydroxylation sites is 1. The molecule has 32 heavy (non-hydrogen) atoms. The highest BCUT2D eigenvalue weighted by Gasteiger charge is 2.20. The molecule has 0 fully saturated rings. The fourth-order valence-electron chi connectivity index (χ4n) is 3.23. The van der Waals surface area contributed by atoms with E-state index >= 15 is 0 Å². The number of unbranched alkanes of at least 4 members (excludes halogenated alkanes) is 1. The lowest BCUT2D eigenvalue weighted by Crippen LogP contribution is -2.29. The van der Waals surface area contributed by atoms with Crippen LogP contribution in [-0.2, 0) is 16.0 Å². The van der Waals surface area contributed by atoms with Crippen LogP contribution in [0.5, 0.6) is 5.75 Å². The number of carbonyl (C=O) groups is 1. The van der Waals surface area contributed by atoms with E-state index in [4.69, 9.17) is 8.92 Å². The van der Waals surface area contributed by atoms with E-state index in [0.29, 0.717) is 16.2 Å². The van der Waals surface area contributed by atoms with Gasteiger partial charge in [0.15, 0.2) is 5.75 Å². The largest absolute Gasteiger partial charge is 0.462 e. The third kappa shape index (κ3) is 5.59. The number of rotatable bonds is 10. The monoisotopic (exact) mass is 457 g/mol. The second kappa shape index (κ2) is 11.0. The van der Waals surface area contributed by atoms with Crippen LogP contribution in [0.3, 0.4) is 0 Å². The van der Waals surface area contributed by atoms with Crippen molar-refractivity contribution in [2.24, 2.45) is 5.92 Å². The Morgan fingerprint density at radius 3 is 2.72 bits per heavy atom. The number of hydrogen-bond donors (Lipinski definition) is 0. The van der Waals surface area contributed by atoms with Crippen molar-refractivity contribution in [2.45, 2.75) is 46.5 Å². The van der Waals surface area contributed by atoms with E-state index in [-0.39, 0.29) is 22.6 Å². The molecule has 0 aliphatic rings. The van der Waals surface area contributed by atoms with Crippen molar-refractivity contribution < 1.29 is 17.9 Å². The average Bonchev–Trinajstić information content (AvgIpc) is 2.80. The van der Waals surface area contributed by atoms with Gasteiger partial charge in [0.1, 0.15) is 11.1 Å². The maximum atomic E-state index is 12.8. The van der Waals surface area contributed by atoms with Crippen LogP contribution in [0, 0.1) is 12.8 Å². The number of benzene rings is 2. The van der Waals surface area contributed by atoms with E-state index in [0.717, 1.165) is 31.2 Å². The molecule has 1 heterocycles. The van der Waals surface area contributed by atoms with E-state index in [9.17, 15) is 13.8 Å². The van der Waals surface area contributed by atoms with Gasteiger partial charge in [0, 0.05) is 0 Å². The first kappa shape index (κ1) is 23.6. The van der Waals surface area contributed by atoms with Gasteiger partial charge in [-0.1, -0.05) is 61.0 Å². The number of ether oxygens (including phenoxy) is 1. The highest BCUT2D eigenvalue weighted by molar-refractivity contribution is 7.78. The van der Waals surface area contributed by atoms with Crippen molar-refractivity contribution in [3.05, 3.63) is 63.9 Å². The van der Waals surface area contributed by atoms with Crippen LogP contribution in [0.25, 0.3) is 10.9 Å². The molecule has 0 radical (unpaired) electrons. The highest BCUT2D eigenvalue weighted by atomic mass is 32.2. The van der Waals surface area contributed by atoms with Crippen LogP contribution < -0.4 is 9.74 Å². The predicted octanol–water partition coefficient (Wildman–Crippen LogP) is 3.98. The van der Waals surface area contributed by atoms with E-state index in [1.807, 2.05) is 13.0 Å². The van der Waals surface area contributed by atoms with Gasteiger partial charge in [-0.25, -0.2) is 4.79 Å². The second-order valence-corrected chi connectivity index (χ2v) is 8.55. The third-order valence-corrected chi connectivity index (χ3v) is 6.04. The minimum Gasteiger partial charge on any atom is -0.462 e. The van der Waals surface area contributed by atoms with Crippen molar-refractivity contribution in [2.75, 3.05) is 6.61 Å². The van der Waals surface area contributed by atoms with Gasteiger partial charge in [0.05, 0.1) is 12.0 Å². The molecule has 2 atom stereocenters. The standard InChI is InChI=1S/C23H27N3O5S/c1-4-6-9-17(5-2)15-30-23(28)18-10-7-8-11-21(18)31-32(29)26-22(27)19-14-16(3)12-13-20(19)24-25-26/h7-8,10-14,17H,4-6,9,15H2,1-3H3. The molecule has 2 unspecified atom stereocenters. The summed E-state index contributed by atoms with van der Waals surface area (Å²) in [6.07, 6.45) is 4.07. The molecule has 3 rings (SSSR count). The van der Waals surface area contributed by atoms with Gasteiger partial charge < -0.3 is 8.92 Å². The van der Waals surface area contributed by atoms with Crippen LogP contribution >= 0.6 is 0 Å². The van der Waals surface area contributed by atoms with Gasteiger partial charge in [0.2, 0.25) is 0 Å². The first-order valence-corrected chi connectivity index (χ1v) is 11.7. The third-order valence-electron chi connectivity index (χ3n) is 5.19. The van der Waals surface area contributed by atoms with Crippen LogP contribution in [-0.4, -0.2) is 31.2 Å². The summed E-state index contributed by atoms with van der Waals surface area (Å²) in [5.41, 5.74) is 0.785. The summed E-state index contributed by atoms with van der Waals surface area (Å²) in [4.78, 5) is 25.4. The number of aromatic nitrogens is 3. The van der Waals surface area contributed by atoms with Crippen molar-refractivity contribution in [3.8, 4) is 5.75 Å². The Kier molecular flexibility index (Phi) is 8.10. The summed E-state index contributed by atoms with van der Waals surface area (Å²) in [6.45, 7) is 6.34. The predicted molar refractivity (Wildman–Crippen MR) is 123 cm³/mol. The smallest absolute Gasteiger partial charge is 0.344 e. The molecule has 0 saturated heterocycles. The zero-order valence-corrected chi connectivity index (χ0v) is 19.3.